The van der Waals surface area contributed by atoms with Crippen molar-refractivity contribution in [3.8, 4) is 0 Å². The summed E-state index contributed by atoms with van der Waals surface area (Å²) in [5, 5.41) is 3.30. The summed E-state index contributed by atoms with van der Waals surface area (Å²) >= 11 is 0. The van der Waals surface area contributed by atoms with Crippen LogP contribution in [0, 0.1) is 5.92 Å². The van der Waals surface area contributed by atoms with E-state index >= 15 is 0 Å². The van der Waals surface area contributed by atoms with Gasteiger partial charge in [0.1, 0.15) is 0 Å². The van der Waals surface area contributed by atoms with E-state index in [1.807, 2.05) is 4.31 Å². The van der Waals surface area contributed by atoms with E-state index in [1.165, 1.54) is 12.8 Å². The predicted molar refractivity (Wildman–Crippen MR) is 86.9 cm³/mol. The van der Waals surface area contributed by atoms with Crippen LogP contribution < -0.4 is 5.32 Å². The molecule has 1 aliphatic carbocycles. The van der Waals surface area contributed by atoms with Gasteiger partial charge in [-0.15, -0.1) is 0 Å². The van der Waals surface area contributed by atoms with E-state index in [1.54, 1.807) is 0 Å². The zero-order chi connectivity index (χ0) is 15.3. The number of hydrogen-bond acceptors (Lipinski definition) is 4. The highest BCUT2D eigenvalue weighted by Gasteiger charge is 2.32. The van der Waals surface area contributed by atoms with Gasteiger partial charge in [-0.3, -0.25) is 4.90 Å². The highest BCUT2D eigenvalue weighted by Crippen LogP contribution is 2.26. The fourth-order valence-electron chi connectivity index (χ4n) is 3.34. The molecule has 0 atom stereocenters. The Kier molecular flexibility index (Phi) is 6.47. The number of hydrogen-bond donors (Lipinski definition) is 1. The predicted octanol–water partition coefficient (Wildman–Crippen LogP) is 1.12. The third-order valence-electron chi connectivity index (χ3n) is 4.51. The topological polar surface area (TPSA) is 52.7 Å². The molecule has 0 aromatic heterocycles. The molecule has 2 rings (SSSR count). The van der Waals surface area contributed by atoms with E-state index in [-0.39, 0.29) is 11.8 Å². The first-order chi connectivity index (χ1) is 9.99. The van der Waals surface area contributed by atoms with Gasteiger partial charge in [0.2, 0.25) is 10.0 Å². The molecule has 0 aromatic rings. The van der Waals surface area contributed by atoms with Crippen LogP contribution in [0.4, 0.5) is 0 Å². The van der Waals surface area contributed by atoms with Gasteiger partial charge in [0, 0.05) is 45.3 Å². The molecule has 0 amide bonds. The van der Waals surface area contributed by atoms with Gasteiger partial charge in [-0.1, -0.05) is 26.7 Å². The van der Waals surface area contributed by atoms with Crippen LogP contribution in [0.15, 0.2) is 0 Å². The maximum atomic E-state index is 12.8. The lowest BCUT2D eigenvalue weighted by atomic mass is 10.2. The Hall–Kier alpha value is -0.170. The molecule has 124 valence electrons. The lowest BCUT2D eigenvalue weighted by Crippen LogP contribution is -2.48. The second kappa shape index (κ2) is 7.90. The average Bonchev–Trinajstić information content (AvgIpc) is 2.97. The number of rotatable bonds is 7. The van der Waals surface area contributed by atoms with Gasteiger partial charge in [-0.2, -0.15) is 4.31 Å². The zero-order valence-electron chi connectivity index (χ0n) is 13.6. The molecule has 0 spiro atoms. The SMILES string of the molecule is CC(C)CN(C1CCCC1)S(=O)(=O)CCN1CCNCC1. The summed E-state index contributed by atoms with van der Waals surface area (Å²) in [5.74, 6) is 0.663. The molecule has 1 N–H and O–H groups in total. The third kappa shape index (κ3) is 5.20. The van der Waals surface area contributed by atoms with Crippen molar-refractivity contribution in [1.82, 2.24) is 14.5 Å². The smallest absolute Gasteiger partial charge is 0.215 e. The molecule has 1 saturated heterocycles. The maximum Gasteiger partial charge on any atom is 0.215 e. The van der Waals surface area contributed by atoms with Crippen molar-refractivity contribution in [1.29, 1.82) is 0 Å². The number of nitrogens with zero attached hydrogens (tertiary/aromatic N) is 2. The molecule has 2 fully saturated rings. The van der Waals surface area contributed by atoms with Gasteiger partial charge < -0.3 is 5.32 Å². The van der Waals surface area contributed by atoms with Gasteiger partial charge >= 0.3 is 0 Å². The van der Waals surface area contributed by atoms with Gasteiger partial charge in [0.15, 0.2) is 0 Å². The van der Waals surface area contributed by atoms with Crippen molar-refractivity contribution in [2.24, 2.45) is 5.92 Å². The van der Waals surface area contributed by atoms with Crippen LogP contribution >= 0.6 is 0 Å². The summed E-state index contributed by atoms with van der Waals surface area (Å²) in [6.07, 6.45) is 4.43. The molecule has 1 aliphatic heterocycles. The van der Waals surface area contributed by atoms with Crippen LogP contribution in [-0.2, 0) is 10.0 Å². The van der Waals surface area contributed by atoms with Crippen molar-refractivity contribution in [2.45, 2.75) is 45.6 Å². The highest BCUT2D eigenvalue weighted by molar-refractivity contribution is 7.89. The van der Waals surface area contributed by atoms with Crippen molar-refractivity contribution < 1.29 is 8.42 Å². The standard InChI is InChI=1S/C15H31N3O2S/c1-14(2)13-18(15-5-3-4-6-15)21(19,20)12-11-17-9-7-16-8-10-17/h14-16H,3-13H2,1-2H3. The number of nitrogens with one attached hydrogen (secondary N) is 1. The van der Waals surface area contributed by atoms with Crippen LogP contribution in [0.3, 0.4) is 0 Å². The summed E-state index contributed by atoms with van der Waals surface area (Å²) in [6.45, 7) is 9.42. The van der Waals surface area contributed by atoms with Crippen molar-refractivity contribution in [3.05, 3.63) is 0 Å². The first-order valence-electron chi connectivity index (χ1n) is 8.41. The molecule has 1 heterocycles. The summed E-state index contributed by atoms with van der Waals surface area (Å²) in [4.78, 5) is 2.26. The van der Waals surface area contributed by atoms with Gasteiger partial charge in [0.05, 0.1) is 5.75 Å². The Morgan fingerprint density at radius 3 is 2.38 bits per heavy atom. The lowest BCUT2D eigenvalue weighted by Gasteiger charge is -2.32. The first kappa shape index (κ1) is 17.2. The fraction of sp³-hybridized carbons (Fsp3) is 1.00. The quantitative estimate of drug-likeness (QED) is 0.764. The normalized spacial score (nSPS) is 22.5. The van der Waals surface area contributed by atoms with Crippen LogP contribution in [0.25, 0.3) is 0 Å². The Balaban J connectivity index is 1.94. The molecule has 0 radical (unpaired) electrons. The summed E-state index contributed by atoms with van der Waals surface area (Å²) in [7, 11) is -3.13. The second-order valence-electron chi connectivity index (χ2n) is 6.81. The van der Waals surface area contributed by atoms with E-state index in [2.05, 4.69) is 24.1 Å². The maximum absolute atomic E-state index is 12.8. The molecular formula is C15H31N3O2S. The Labute approximate surface area is 130 Å². The second-order valence-corrected chi connectivity index (χ2v) is 8.85. The molecule has 21 heavy (non-hydrogen) atoms. The van der Waals surface area contributed by atoms with E-state index < -0.39 is 10.0 Å². The minimum atomic E-state index is -3.13. The lowest BCUT2D eigenvalue weighted by molar-refractivity contribution is 0.248. The number of sulfonamides is 1. The molecule has 0 aromatic carbocycles. The first-order valence-corrected chi connectivity index (χ1v) is 10.0. The van der Waals surface area contributed by atoms with Gasteiger partial charge in [-0.25, -0.2) is 8.42 Å². The van der Waals surface area contributed by atoms with Crippen LogP contribution in [0.5, 0.6) is 0 Å². The van der Waals surface area contributed by atoms with E-state index in [0.29, 0.717) is 19.0 Å². The monoisotopic (exact) mass is 317 g/mol. The van der Waals surface area contributed by atoms with Crippen molar-refractivity contribution in [2.75, 3.05) is 45.0 Å². The Bertz CT molecular complexity index is 399. The van der Waals surface area contributed by atoms with Crippen LogP contribution in [0.2, 0.25) is 0 Å². The molecule has 0 unspecified atom stereocenters. The Morgan fingerprint density at radius 1 is 1.19 bits per heavy atom. The van der Waals surface area contributed by atoms with Crippen LogP contribution in [0.1, 0.15) is 39.5 Å². The van der Waals surface area contributed by atoms with Crippen molar-refractivity contribution in [3.63, 3.8) is 0 Å². The summed E-state index contributed by atoms with van der Waals surface area (Å²) < 4.78 is 27.4. The minimum absolute atomic E-state index is 0.250. The molecule has 1 saturated carbocycles. The molecule has 2 aliphatic rings. The number of piperazine rings is 1. The molecule has 0 bridgehead atoms. The third-order valence-corrected chi connectivity index (χ3v) is 6.37. The zero-order valence-corrected chi connectivity index (χ0v) is 14.4. The van der Waals surface area contributed by atoms with Crippen LogP contribution in [-0.4, -0.2) is 68.7 Å². The molecule has 5 nitrogen and oxygen atoms in total. The van der Waals surface area contributed by atoms with Crippen molar-refractivity contribution >= 4 is 10.0 Å². The summed E-state index contributed by atoms with van der Waals surface area (Å²) in [5.41, 5.74) is 0. The van der Waals surface area contributed by atoms with Gasteiger partial charge in [0.25, 0.3) is 0 Å². The fourth-order valence-corrected chi connectivity index (χ4v) is 5.25. The molecule has 6 heteroatoms. The average molecular weight is 317 g/mol. The Morgan fingerprint density at radius 2 is 1.81 bits per heavy atom. The van der Waals surface area contributed by atoms with E-state index in [0.717, 1.165) is 39.0 Å². The molecular weight excluding hydrogens is 286 g/mol. The summed E-state index contributed by atoms with van der Waals surface area (Å²) in [6, 6.07) is 0.250. The highest BCUT2D eigenvalue weighted by atomic mass is 32.2. The van der Waals surface area contributed by atoms with E-state index in [4.69, 9.17) is 0 Å². The van der Waals surface area contributed by atoms with Gasteiger partial charge in [-0.05, 0) is 18.8 Å². The van der Waals surface area contributed by atoms with E-state index in [9.17, 15) is 8.42 Å². The largest absolute Gasteiger partial charge is 0.314 e. The minimum Gasteiger partial charge on any atom is -0.314 e.